The van der Waals surface area contributed by atoms with Crippen molar-refractivity contribution in [2.24, 2.45) is 10.8 Å². The van der Waals surface area contributed by atoms with Crippen LogP contribution in [0.1, 0.15) is 58.8 Å². The number of hydrogen-bond donors (Lipinski definition) is 1. The van der Waals surface area contributed by atoms with E-state index < -0.39 is 0 Å². The van der Waals surface area contributed by atoms with Gasteiger partial charge in [-0.3, -0.25) is 0 Å². The zero-order chi connectivity index (χ0) is 11.1. The third-order valence-corrected chi connectivity index (χ3v) is 5.36. The number of aliphatic hydroxyl groups is 1. The summed E-state index contributed by atoms with van der Waals surface area (Å²) in [7, 11) is 0. The molecule has 3 atom stereocenters. The molecule has 0 bridgehead atoms. The fourth-order valence-electron chi connectivity index (χ4n) is 3.76. The lowest BCUT2D eigenvalue weighted by Crippen LogP contribution is -2.47. The topological polar surface area (TPSA) is 20.2 Å². The van der Waals surface area contributed by atoms with E-state index >= 15 is 0 Å². The summed E-state index contributed by atoms with van der Waals surface area (Å²) < 4.78 is 0. The molecule has 0 aromatic heterocycles. The average Bonchev–Trinajstić information content (AvgIpc) is 2.54. The zero-order valence-corrected chi connectivity index (χ0v) is 10.2. The van der Waals surface area contributed by atoms with Crippen LogP contribution in [0.5, 0.6) is 0 Å². The minimum absolute atomic E-state index is 0.0822. The van der Waals surface area contributed by atoms with Gasteiger partial charge in [0.05, 0.1) is 6.10 Å². The molecule has 0 radical (unpaired) electrons. The van der Waals surface area contributed by atoms with E-state index in [0.717, 1.165) is 6.42 Å². The summed E-state index contributed by atoms with van der Waals surface area (Å²) in [4.78, 5) is 0. The average molecular weight is 208 g/mol. The summed E-state index contributed by atoms with van der Waals surface area (Å²) in [6.45, 7) is 8.87. The Balaban J connectivity index is 2.30. The maximum Gasteiger partial charge on any atom is 0.0602 e. The van der Waals surface area contributed by atoms with Crippen LogP contribution < -0.4 is 0 Å². The summed E-state index contributed by atoms with van der Waals surface area (Å²) in [5.41, 5.74) is 1.65. The summed E-state index contributed by atoms with van der Waals surface area (Å²) >= 11 is 0. The molecule has 15 heavy (non-hydrogen) atoms. The number of rotatable bonds is 1. The molecule has 0 aromatic rings. The zero-order valence-electron chi connectivity index (χ0n) is 10.2. The summed E-state index contributed by atoms with van der Waals surface area (Å²) in [6.07, 6.45) is 8.15. The standard InChI is InChI=1S/C14H24O/c1-11-7-6-10-13(11,2)14(3)9-5-4-8-12(14)15/h12,15H,1,4-10H2,2-3H3/t12-,13-,14-/m0/s1. The van der Waals surface area contributed by atoms with Crippen molar-refractivity contribution in [3.05, 3.63) is 12.2 Å². The van der Waals surface area contributed by atoms with E-state index in [0.29, 0.717) is 0 Å². The van der Waals surface area contributed by atoms with Gasteiger partial charge in [0.25, 0.3) is 0 Å². The number of hydrogen-bond acceptors (Lipinski definition) is 1. The Bertz CT molecular complexity index is 271. The summed E-state index contributed by atoms with van der Waals surface area (Å²) in [5.74, 6) is 0. The van der Waals surface area contributed by atoms with Crippen molar-refractivity contribution in [1.29, 1.82) is 0 Å². The van der Waals surface area contributed by atoms with Crippen LogP contribution in [-0.2, 0) is 0 Å². The van der Waals surface area contributed by atoms with Gasteiger partial charge in [-0.2, -0.15) is 0 Å². The second-order valence-corrected chi connectivity index (χ2v) is 5.97. The van der Waals surface area contributed by atoms with E-state index in [-0.39, 0.29) is 16.9 Å². The maximum atomic E-state index is 10.3. The van der Waals surface area contributed by atoms with Gasteiger partial charge in [0.15, 0.2) is 0 Å². The Morgan fingerprint density at radius 1 is 1.20 bits per heavy atom. The van der Waals surface area contributed by atoms with Crippen LogP contribution in [-0.4, -0.2) is 11.2 Å². The van der Waals surface area contributed by atoms with Gasteiger partial charge in [-0.25, -0.2) is 0 Å². The molecule has 1 heteroatoms. The van der Waals surface area contributed by atoms with E-state index in [1.54, 1.807) is 0 Å². The molecular formula is C14H24O. The first-order valence-electron chi connectivity index (χ1n) is 6.37. The van der Waals surface area contributed by atoms with E-state index in [9.17, 15) is 5.11 Å². The van der Waals surface area contributed by atoms with Crippen molar-refractivity contribution in [2.45, 2.75) is 64.9 Å². The third-order valence-electron chi connectivity index (χ3n) is 5.36. The van der Waals surface area contributed by atoms with Gasteiger partial charge in [-0.1, -0.05) is 38.8 Å². The molecule has 2 aliphatic carbocycles. The lowest BCUT2D eigenvalue weighted by molar-refractivity contribution is -0.0674. The SMILES string of the molecule is C=C1CCC[C@]1(C)[C@@]1(C)CCCC[C@@H]1O. The summed E-state index contributed by atoms with van der Waals surface area (Å²) in [6, 6.07) is 0. The highest BCUT2D eigenvalue weighted by Gasteiger charge is 2.52. The predicted octanol–water partition coefficient (Wildman–Crippen LogP) is 3.67. The maximum absolute atomic E-state index is 10.3. The van der Waals surface area contributed by atoms with E-state index in [2.05, 4.69) is 20.4 Å². The Morgan fingerprint density at radius 2 is 1.93 bits per heavy atom. The monoisotopic (exact) mass is 208 g/mol. The van der Waals surface area contributed by atoms with Crippen molar-refractivity contribution >= 4 is 0 Å². The Morgan fingerprint density at radius 3 is 2.47 bits per heavy atom. The molecule has 0 aromatic carbocycles. The van der Waals surface area contributed by atoms with Crippen LogP contribution in [0.25, 0.3) is 0 Å². The van der Waals surface area contributed by atoms with Gasteiger partial charge in [0.1, 0.15) is 0 Å². The molecule has 0 heterocycles. The molecule has 1 N–H and O–H groups in total. The first kappa shape index (κ1) is 11.2. The number of allylic oxidation sites excluding steroid dienone is 1. The molecule has 0 aliphatic heterocycles. The van der Waals surface area contributed by atoms with E-state index in [1.807, 2.05) is 0 Å². The molecule has 1 nitrogen and oxygen atoms in total. The van der Waals surface area contributed by atoms with Crippen LogP contribution in [0.2, 0.25) is 0 Å². The lowest BCUT2D eigenvalue weighted by atomic mass is 9.55. The molecule has 2 rings (SSSR count). The second-order valence-electron chi connectivity index (χ2n) is 5.97. The predicted molar refractivity (Wildman–Crippen MR) is 63.7 cm³/mol. The Labute approximate surface area is 93.6 Å². The fourth-order valence-corrected chi connectivity index (χ4v) is 3.76. The Kier molecular flexibility index (Phi) is 2.70. The number of aliphatic hydroxyl groups excluding tert-OH is 1. The molecule has 0 unspecified atom stereocenters. The molecular weight excluding hydrogens is 184 g/mol. The molecule has 2 saturated carbocycles. The van der Waals surface area contributed by atoms with E-state index in [1.165, 1.54) is 44.1 Å². The third kappa shape index (κ3) is 1.47. The highest BCUT2D eigenvalue weighted by atomic mass is 16.3. The first-order valence-corrected chi connectivity index (χ1v) is 6.37. The van der Waals surface area contributed by atoms with Crippen LogP contribution in [0, 0.1) is 10.8 Å². The smallest absolute Gasteiger partial charge is 0.0602 e. The van der Waals surface area contributed by atoms with Crippen molar-refractivity contribution < 1.29 is 5.11 Å². The van der Waals surface area contributed by atoms with Crippen LogP contribution in [0.15, 0.2) is 12.2 Å². The molecule has 2 fully saturated rings. The molecule has 86 valence electrons. The van der Waals surface area contributed by atoms with Crippen molar-refractivity contribution in [1.82, 2.24) is 0 Å². The normalized spacial score (nSPS) is 47.1. The molecule has 0 saturated heterocycles. The van der Waals surface area contributed by atoms with Gasteiger partial charge in [-0.15, -0.1) is 0 Å². The van der Waals surface area contributed by atoms with Crippen LogP contribution in [0.3, 0.4) is 0 Å². The van der Waals surface area contributed by atoms with Crippen molar-refractivity contribution in [3.63, 3.8) is 0 Å². The van der Waals surface area contributed by atoms with Gasteiger partial charge >= 0.3 is 0 Å². The fraction of sp³-hybridized carbons (Fsp3) is 0.857. The van der Waals surface area contributed by atoms with Crippen LogP contribution in [0.4, 0.5) is 0 Å². The quantitative estimate of drug-likeness (QED) is 0.652. The summed E-state index contributed by atoms with van der Waals surface area (Å²) in [5, 5.41) is 10.3. The molecule has 0 amide bonds. The van der Waals surface area contributed by atoms with Gasteiger partial charge in [0.2, 0.25) is 0 Å². The van der Waals surface area contributed by atoms with E-state index in [4.69, 9.17) is 0 Å². The second kappa shape index (κ2) is 3.62. The minimum atomic E-state index is -0.119. The van der Waals surface area contributed by atoms with Crippen molar-refractivity contribution in [2.75, 3.05) is 0 Å². The molecule has 2 aliphatic rings. The largest absolute Gasteiger partial charge is 0.393 e. The first-order chi connectivity index (χ1) is 7.01. The minimum Gasteiger partial charge on any atom is -0.393 e. The van der Waals surface area contributed by atoms with Gasteiger partial charge in [-0.05, 0) is 37.5 Å². The molecule has 0 spiro atoms. The van der Waals surface area contributed by atoms with Gasteiger partial charge in [0, 0.05) is 5.41 Å². The van der Waals surface area contributed by atoms with Crippen molar-refractivity contribution in [3.8, 4) is 0 Å². The Hall–Kier alpha value is -0.300. The van der Waals surface area contributed by atoms with Gasteiger partial charge < -0.3 is 5.11 Å². The lowest BCUT2D eigenvalue weighted by Gasteiger charge is -2.51. The highest BCUT2D eigenvalue weighted by Crippen LogP contribution is 2.59. The van der Waals surface area contributed by atoms with Crippen LogP contribution >= 0.6 is 0 Å². The highest BCUT2D eigenvalue weighted by molar-refractivity contribution is 5.20.